The van der Waals surface area contributed by atoms with Crippen LogP contribution in [0.4, 0.5) is 5.69 Å². The summed E-state index contributed by atoms with van der Waals surface area (Å²) in [5, 5.41) is 3.43. The van der Waals surface area contributed by atoms with E-state index in [9.17, 15) is 0 Å². The number of aryl methyl sites for hydroxylation is 1. The lowest BCUT2D eigenvalue weighted by Crippen LogP contribution is -2.14. The largest absolute Gasteiger partial charge is 0.374 e. The molecule has 2 rings (SSSR count). The van der Waals surface area contributed by atoms with Gasteiger partial charge in [-0.25, -0.2) is 4.98 Å². The van der Waals surface area contributed by atoms with Crippen LogP contribution in [0.5, 0.6) is 0 Å². The van der Waals surface area contributed by atoms with Crippen molar-refractivity contribution in [2.24, 2.45) is 7.05 Å². The molecule has 0 aliphatic heterocycles. The molecule has 0 radical (unpaired) electrons. The third-order valence-electron chi connectivity index (χ3n) is 2.58. The number of hydrogen-bond donors (Lipinski definition) is 1. The molecule has 16 heavy (non-hydrogen) atoms. The van der Waals surface area contributed by atoms with Gasteiger partial charge in [0.1, 0.15) is 5.82 Å². The smallest absolute Gasteiger partial charge is 0.130 e. The van der Waals surface area contributed by atoms with E-state index in [-0.39, 0.29) is 6.04 Å². The average Bonchev–Trinajstić information content (AvgIpc) is 2.74. The predicted molar refractivity (Wildman–Crippen MR) is 64.1 cm³/mol. The molecule has 1 N–H and O–H groups in total. The summed E-state index contributed by atoms with van der Waals surface area (Å²) in [7, 11) is 2.01. The molecule has 0 saturated carbocycles. The normalized spacial score (nSPS) is 12.4. The minimum Gasteiger partial charge on any atom is -0.374 e. The molecule has 0 aromatic carbocycles. The van der Waals surface area contributed by atoms with Gasteiger partial charge in [0, 0.05) is 31.8 Å². The first kappa shape index (κ1) is 10.7. The van der Waals surface area contributed by atoms with E-state index in [1.54, 1.807) is 6.20 Å². The van der Waals surface area contributed by atoms with Crippen LogP contribution in [0.2, 0.25) is 0 Å². The lowest BCUT2D eigenvalue weighted by molar-refractivity contribution is 0.654. The van der Waals surface area contributed by atoms with Gasteiger partial charge >= 0.3 is 0 Å². The molecule has 4 heteroatoms. The van der Waals surface area contributed by atoms with Gasteiger partial charge < -0.3 is 9.88 Å². The molecule has 2 aromatic rings. The topological polar surface area (TPSA) is 42.7 Å². The van der Waals surface area contributed by atoms with Crippen molar-refractivity contribution in [3.8, 4) is 0 Å². The van der Waals surface area contributed by atoms with E-state index in [1.165, 1.54) is 0 Å². The molecule has 2 heterocycles. The van der Waals surface area contributed by atoms with Crippen LogP contribution in [0.3, 0.4) is 0 Å². The second kappa shape index (κ2) is 4.79. The van der Waals surface area contributed by atoms with Gasteiger partial charge in [0.2, 0.25) is 0 Å². The minimum absolute atomic E-state index is 0.226. The van der Waals surface area contributed by atoms with E-state index in [1.807, 2.05) is 42.3 Å². The van der Waals surface area contributed by atoms with E-state index in [2.05, 4.69) is 22.2 Å². The number of pyridine rings is 1. The van der Waals surface area contributed by atoms with Crippen molar-refractivity contribution in [3.63, 3.8) is 0 Å². The minimum atomic E-state index is 0.226. The van der Waals surface area contributed by atoms with Crippen molar-refractivity contribution >= 4 is 5.69 Å². The van der Waals surface area contributed by atoms with Crippen LogP contribution in [-0.4, -0.2) is 14.5 Å². The molecule has 4 nitrogen and oxygen atoms in total. The van der Waals surface area contributed by atoms with Crippen LogP contribution in [0.25, 0.3) is 0 Å². The van der Waals surface area contributed by atoms with Crippen molar-refractivity contribution in [3.05, 3.63) is 42.7 Å². The van der Waals surface area contributed by atoms with Gasteiger partial charge in [-0.1, -0.05) is 6.92 Å². The van der Waals surface area contributed by atoms with Crippen LogP contribution in [0.1, 0.15) is 25.2 Å². The van der Waals surface area contributed by atoms with Crippen molar-refractivity contribution in [2.75, 3.05) is 5.32 Å². The molecular weight excluding hydrogens is 200 g/mol. The van der Waals surface area contributed by atoms with E-state index in [0.29, 0.717) is 0 Å². The molecule has 0 aliphatic rings. The van der Waals surface area contributed by atoms with Crippen molar-refractivity contribution in [2.45, 2.75) is 19.4 Å². The molecule has 2 aromatic heterocycles. The van der Waals surface area contributed by atoms with E-state index in [4.69, 9.17) is 0 Å². The third kappa shape index (κ3) is 2.21. The standard InChI is InChI=1S/C12H16N4/c1-3-11(12-14-7-8-16(12)2)15-10-5-4-6-13-9-10/h4-9,11,15H,3H2,1-2H3. The molecular formula is C12H16N4. The predicted octanol–water partition coefficient (Wildman–Crippen LogP) is 2.38. The fourth-order valence-corrected chi connectivity index (χ4v) is 1.71. The number of imidazole rings is 1. The van der Waals surface area contributed by atoms with E-state index >= 15 is 0 Å². The summed E-state index contributed by atoms with van der Waals surface area (Å²) in [5.74, 6) is 1.05. The highest BCUT2D eigenvalue weighted by Gasteiger charge is 2.13. The number of nitrogens with one attached hydrogen (secondary N) is 1. The molecule has 1 unspecified atom stereocenters. The molecule has 0 saturated heterocycles. The number of anilines is 1. The van der Waals surface area contributed by atoms with E-state index < -0.39 is 0 Å². The molecule has 0 bridgehead atoms. The first-order chi connectivity index (χ1) is 7.81. The second-order valence-corrected chi connectivity index (χ2v) is 3.74. The lowest BCUT2D eigenvalue weighted by atomic mass is 10.2. The Hall–Kier alpha value is -1.84. The fourth-order valence-electron chi connectivity index (χ4n) is 1.71. The van der Waals surface area contributed by atoms with Crippen molar-refractivity contribution in [1.29, 1.82) is 0 Å². The van der Waals surface area contributed by atoms with Gasteiger partial charge in [0.25, 0.3) is 0 Å². The third-order valence-corrected chi connectivity index (χ3v) is 2.58. The molecule has 0 amide bonds. The Kier molecular flexibility index (Phi) is 3.19. The Morgan fingerprint density at radius 3 is 2.88 bits per heavy atom. The zero-order valence-electron chi connectivity index (χ0n) is 9.59. The second-order valence-electron chi connectivity index (χ2n) is 3.74. The van der Waals surface area contributed by atoms with Crippen LogP contribution < -0.4 is 5.32 Å². The fraction of sp³-hybridized carbons (Fsp3) is 0.333. The summed E-state index contributed by atoms with van der Waals surface area (Å²) in [6.45, 7) is 2.14. The average molecular weight is 216 g/mol. The van der Waals surface area contributed by atoms with Gasteiger partial charge in [-0.2, -0.15) is 0 Å². The first-order valence-electron chi connectivity index (χ1n) is 5.45. The van der Waals surface area contributed by atoms with Gasteiger partial charge in [0.05, 0.1) is 11.7 Å². The quantitative estimate of drug-likeness (QED) is 0.853. The Morgan fingerprint density at radius 1 is 1.44 bits per heavy atom. The van der Waals surface area contributed by atoms with Crippen molar-refractivity contribution < 1.29 is 0 Å². The highest BCUT2D eigenvalue weighted by molar-refractivity contribution is 5.41. The van der Waals surface area contributed by atoms with Gasteiger partial charge in [-0.15, -0.1) is 0 Å². The van der Waals surface area contributed by atoms with Gasteiger partial charge in [-0.3, -0.25) is 4.98 Å². The van der Waals surface area contributed by atoms with Crippen LogP contribution in [-0.2, 0) is 7.05 Å². The lowest BCUT2D eigenvalue weighted by Gasteiger charge is -2.17. The van der Waals surface area contributed by atoms with Crippen LogP contribution in [0.15, 0.2) is 36.9 Å². The maximum absolute atomic E-state index is 4.36. The Morgan fingerprint density at radius 2 is 2.31 bits per heavy atom. The van der Waals surface area contributed by atoms with Crippen LogP contribution in [0, 0.1) is 0 Å². The zero-order chi connectivity index (χ0) is 11.4. The first-order valence-corrected chi connectivity index (χ1v) is 5.45. The molecule has 1 atom stereocenters. The Bertz CT molecular complexity index is 435. The summed E-state index contributed by atoms with van der Waals surface area (Å²) in [4.78, 5) is 8.45. The maximum Gasteiger partial charge on any atom is 0.130 e. The molecule has 0 spiro atoms. The van der Waals surface area contributed by atoms with E-state index in [0.717, 1.165) is 17.9 Å². The Balaban J connectivity index is 2.16. The summed E-state index contributed by atoms with van der Waals surface area (Å²) < 4.78 is 2.04. The SMILES string of the molecule is CCC(Nc1cccnc1)c1nccn1C. The molecule has 0 fully saturated rings. The summed E-state index contributed by atoms with van der Waals surface area (Å²) in [5.41, 5.74) is 1.03. The van der Waals surface area contributed by atoms with Gasteiger partial charge in [0.15, 0.2) is 0 Å². The van der Waals surface area contributed by atoms with Crippen LogP contribution >= 0.6 is 0 Å². The zero-order valence-corrected chi connectivity index (χ0v) is 9.59. The number of aromatic nitrogens is 3. The maximum atomic E-state index is 4.36. The number of rotatable bonds is 4. The highest BCUT2D eigenvalue weighted by Crippen LogP contribution is 2.19. The highest BCUT2D eigenvalue weighted by atomic mass is 15.1. The monoisotopic (exact) mass is 216 g/mol. The Labute approximate surface area is 95.4 Å². The van der Waals surface area contributed by atoms with Crippen molar-refractivity contribution in [1.82, 2.24) is 14.5 Å². The summed E-state index contributed by atoms with van der Waals surface area (Å²) in [6, 6.07) is 4.16. The molecule has 0 aliphatic carbocycles. The molecule has 84 valence electrons. The van der Waals surface area contributed by atoms with Gasteiger partial charge in [-0.05, 0) is 18.6 Å². The number of hydrogen-bond acceptors (Lipinski definition) is 3. The summed E-state index contributed by atoms with van der Waals surface area (Å²) >= 11 is 0. The summed E-state index contributed by atoms with van der Waals surface area (Å²) in [6.07, 6.45) is 8.37. The number of nitrogens with zero attached hydrogens (tertiary/aromatic N) is 3.